The predicted molar refractivity (Wildman–Crippen MR) is 145 cm³/mol. The molecular weight excluding hydrogens is 520 g/mol. The van der Waals surface area contributed by atoms with Gasteiger partial charge < -0.3 is 25.3 Å². The summed E-state index contributed by atoms with van der Waals surface area (Å²) in [5.74, 6) is -3.76. The van der Waals surface area contributed by atoms with Gasteiger partial charge in [-0.15, -0.1) is 0 Å². The number of carbonyl (C=O) groups is 3. The van der Waals surface area contributed by atoms with Gasteiger partial charge in [0.25, 0.3) is 11.8 Å². The summed E-state index contributed by atoms with van der Waals surface area (Å²) in [7, 11) is 1.25. The van der Waals surface area contributed by atoms with Crippen molar-refractivity contribution in [1.82, 2.24) is 25.8 Å². The van der Waals surface area contributed by atoms with Crippen molar-refractivity contribution in [3.63, 3.8) is 0 Å². The second-order valence-electron chi connectivity index (χ2n) is 10.2. The number of aromatic amines is 1. The van der Waals surface area contributed by atoms with Gasteiger partial charge in [0.05, 0.1) is 25.7 Å². The zero-order valence-electron chi connectivity index (χ0n) is 22.0. The van der Waals surface area contributed by atoms with Crippen LogP contribution in [0.25, 0.3) is 22.5 Å². The van der Waals surface area contributed by atoms with Gasteiger partial charge in [-0.1, -0.05) is 42.5 Å². The van der Waals surface area contributed by atoms with Gasteiger partial charge in [-0.05, 0) is 41.8 Å². The van der Waals surface area contributed by atoms with E-state index >= 15 is 0 Å². The Balaban J connectivity index is 1.17. The Bertz CT molecular complexity index is 1360. The van der Waals surface area contributed by atoms with Gasteiger partial charge >= 0.3 is 6.09 Å². The van der Waals surface area contributed by atoms with Crippen molar-refractivity contribution < 1.29 is 27.9 Å². The number of nitrogens with one attached hydrogen (secondary N) is 4. The molecule has 2 saturated heterocycles. The average Bonchev–Trinajstić information content (AvgIpc) is 3.70. The Labute approximate surface area is 230 Å². The van der Waals surface area contributed by atoms with E-state index in [2.05, 4.69) is 20.9 Å². The number of amides is 3. The maximum Gasteiger partial charge on any atom is 0.409 e. The average molecular weight is 552 g/mol. The Morgan fingerprint density at radius 3 is 2.30 bits per heavy atom. The molecule has 5 rings (SSSR count). The van der Waals surface area contributed by atoms with Gasteiger partial charge in [0.1, 0.15) is 0 Å². The number of ether oxygens (including phenoxy) is 1. The number of H-pyrrole nitrogens is 1. The summed E-state index contributed by atoms with van der Waals surface area (Å²) < 4.78 is 31.8. The number of aromatic nitrogens is 1. The van der Waals surface area contributed by atoms with Crippen molar-refractivity contribution in [3.05, 3.63) is 72.3 Å². The van der Waals surface area contributed by atoms with Gasteiger partial charge in [-0.2, -0.15) is 0 Å². The van der Waals surface area contributed by atoms with E-state index in [0.29, 0.717) is 12.0 Å². The molecule has 0 bridgehead atoms. The van der Waals surface area contributed by atoms with E-state index in [1.165, 1.54) is 12.0 Å². The number of nitrogens with zero attached hydrogens (tertiary/aromatic N) is 1. The number of hydrogen-bond donors (Lipinski definition) is 4. The fraction of sp³-hybridized carbons (Fsp3) is 0.345. The van der Waals surface area contributed by atoms with Gasteiger partial charge in [0.15, 0.2) is 0 Å². The molecular formula is C29H31F2N5O4. The van der Waals surface area contributed by atoms with Crippen molar-refractivity contribution >= 4 is 17.9 Å². The molecule has 3 aromatic rings. The smallest absolute Gasteiger partial charge is 0.409 e. The second-order valence-corrected chi connectivity index (χ2v) is 10.2. The first-order valence-electron chi connectivity index (χ1n) is 13.1. The molecule has 3 atom stereocenters. The summed E-state index contributed by atoms with van der Waals surface area (Å²) >= 11 is 0. The number of rotatable bonds is 7. The molecule has 3 heterocycles. The highest BCUT2D eigenvalue weighted by atomic mass is 19.3. The lowest BCUT2D eigenvalue weighted by Gasteiger charge is -2.23. The number of likely N-dealkylation sites (tertiary alicyclic amines) is 1. The summed E-state index contributed by atoms with van der Waals surface area (Å²) in [6.45, 7) is -0.254. The molecule has 40 heavy (non-hydrogen) atoms. The second kappa shape index (κ2) is 11.5. The highest BCUT2D eigenvalue weighted by molar-refractivity contribution is 5.94. The monoisotopic (exact) mass is 551 g/mol. The van der Waals surface area contributed by atoms with Gasteiger partial charge in [-0.3, -0.25) is 14.9 Å². The van der Waals surface area contributed by atoms with Crippen LogP contribution >= 0.6 is 0 Å². The molecule has 2 aliphatic heterocycles. The predicted octanol–water partition coefficient (Wildman–Crippen LogP) is 3.40. The summed E-state index contributed by atoms with van der Waals surface area (Å²) in [4.78, 5) is 42.5. The van der Waals surface area contributed by atoms with Crippen molar-refractivity contribution in [1.29, 1.82) is 0 Å². The fourth-order valence-electron chi connectivity index (χ4n) is 5.22. The standard InChI is InChI=1S/C29H31F2N5O4/c1-40-28(39)36-16-21(34-27(38)25-14-29(30,31)17-33-25)13-22(36)15-32-26(37)20-9-7-19(8-10-20)24-12-11-23(35-24)18-5-3-2-4-6-18/h2-12,21-22,25,33,35H,13-17H2,1H3,(H,32,37)(H,34,38)/t21-,22-,25+/m1/s1. The van der Waals surface area contributed by atoms with Crippen molar-refractivity contribution in [2.75, 3.05) is 26.7 Å². The van der Waals surface area contributed by atoms with Crippen LogP contribution in [0.4, 0.5) is 13.6 Å². The van der Waals surface area contributed by atoms with E-state index in [4.69, 9.17) is 4.74 Å². The molecule has 1 aromatic heterocycles. The summed E-state index contributed by atoms with van der Waals surface area (Å²) in [5, 5.41) is 8.14. The molecule has 0 spiro atoms. The number of halogens is 2. The molecule has 3 amide bonds. The molecule has 2 aliphatic rings. The molecule has 210 valence electrons. The minimum absolute atomic E-state index is 0.138. The van der Waals surface area contributed by atoms with Crippen LogP contribution in [-0.4, -0.2) is 78.6 Å². The van der Waals surface area contributed by atoms with Crippen LogP contribution in [-0.2, 0) is 9.53 Å². The third-order valence-electron chi connectivity index (χ3n) is 7.32. The molecule has 0 radical (unpaired) electrons. The minimum atomic E-state index is -2.92. The van der Waals surface area contributed by atoms with Crippen LogP contribution in [0.3, 0.4) is 0 Å². The van der Waals surface area contributed by atoms with E-state index in [-0.39, 0.29) is 19.0 Å². The lowest BCUT2D eigenvalue weighted by molar-refractivity contribution is -0.124. The Morgan fingerprint density at radius 2 is 1.68 bits per heavy atom. The molecule has 4 N–H and O–H groups in total. The van der Waals surface area contributed by atoms with E-state index in [0.717, 1.165) is 22.5 Å². The first kappa shape index (κ1) is 27.3. The number of carbonyl (C=O) groups excluding carboxylic acids is 3. The Hall–Kier alpha value is -4.25. The maximum atomic E-state index is 13.5. The molecule has 0 unspecified atom stereocenters. The normalized spacial score (nSPS) is 21.7. The first-order chi connectivity index (χ1) is 19.2. The quantitative estimate of drug-likeness (QED) is 0.359. The van der Waals surface area contributed by atoms with E-state index in [9.17, 15) is 23.2 Å². The molecule has 11 heteroatoms. The zero-order chi connectivity index (χ0) is 28.3. The van der Waals surface area contributed by atoms with Crippen molar-refractivity contribution in [3.8, 4) is 22.5 Å². The maximum absolute atomic E-state index is 13.5. The van der Waals surface area contributed by atoms with Crippen LogP contribution in [0.2, 0.25) is 0 Å². The van der Waals surface area contributed by atoms with E-state index < -0.39 is 49.0 Å². The van der Waals surface area contributed by atoms with Crippen molar-refractivity contribution in [2.24, 2.45) is 0 Å². The summed E-state index contributed by atoms with van der Waals surface area (Å²) in [6.07, 6.45) is -0.811. The number of benzene rings is 2. The third-order valence-corrected chi connectivity index (χ3v) is 7.32. The SMILES string of the molecule is COC(=O)N1C[C@H](NC(=O)[C@@H]2CC(F)(F)CN2)C[C@@H]1CNC(=O)c1ccc(-c2ccc(-c3ccccc3)[nH]2)cc1. The van der Waals surface area contributed by atoms with Crippen LogP contribution in [0.15, 0.2) is 66.7 Å². The molecule has 0 aliphatic carbocycles. The lowest BCUT2D eigenvalue weighted by atomic mass is 10.1. The molecule has 9 nitrogen and oxygen atoms in total. The van der Waals surface area contributed by atoms with Crippen molar-refractivity contribution in [2.45, 2.75) is 36.9 Å². The van der Waals surface area contributed by atoms with E-state index in [1.807, 2.05) is 54.6 Å². The van der Waals surface area contributed by atoms with Crippen LogP contribution in [0.5, 0.6) is 0 Å². The first-order valence-corrected chi connectivity index (χ1v) is 13.1. The highest BCUT2D eigenvalue weighted by Gasteiger charge is 2.44. The number of alkyl halides is 2. The van der Waals surface area contributed by atoms with Gasteiger partial charge in [0, 0.05) is 42.5 Å². The van der Waals surface area contributed by atoms with Gasteiger partial charge in [-0.25, -0.2) is 13.6 Å². The highest BCUT2D eigenvalue weighted by Crippen LogP contribution is 2.27. The largest absolute Gasteiger partial charge is 0.453 e. The Morgan fingerprint density at radius 1 is 1.00 bits per heavy atom. The number of hydrogen-bond acceptors (Lipinski definition) is 5. The zero-order valence-corrected chi connectivity index (χ0v) is 22.0. The number of methoxy groups -OCH3 is 1. The molecule has 2 fully saturated rings. The minimum Gasteiger partial charge on any atom is -0.453 e. The fourth-order valence-corrected chi connectivity index (χ4v) is 5.22. The summed E-state index contributed by atoms with van der Waals surface area (Å²) in [5.41, 5.74) is 4.39. The lowest BCUT2D eigenvalue weighted by Crippen LogP contribution is -2.46. The summed E-state index contributed by atoms with van der Waals surface area (Å²) in [6, 6.07) is 19.3. The molecule has 0 saturated carbocycles. The van der Waals surface area contributed by atoms with Crippen LogP contribution in [0, 0.1) is 0 Å². The van der Waals surface area contributed by atoms with Crippen LogP contribution < -0.4 is 16.0 Å². The van der Waals surface area contributed by atoms with Crippen LogP contribution in [0.1, 0.15) is 23.2 Å². The van der Waals surface area contributed by atoms with Gasteiger partial charge in [0.2, 0.25) is 5.91 Å². The topological polar surface area (TPSA) is 116 Å². The Kier molecular flexibility index (Phi) is 7.83. The third kappa shape index (κ3) is 6.15. The van der Waals surface area contributed by atoms with E-state index in [1.54, 1.807) is 12.1 Å². The molecule has 2 aromatic carbocycles.